The minimum absolute atomic E-state index is 0.0829. The Labute approximate surface area is 188 Å². The van der Waals surface area contributed by atoms with Gasteiger partial charge < -0.3 is 20.1 Å². The summed E-state index contributed by atoms with van der Waals surface area (Å²) in [5.74, 6) is -1.76. The molecule has 0 saturated carbocycles. The molecule has 0 radical (unpaired) electrons. The first kappa shape index (κ1) is 22.9. The van der Waals surface area contributed by atoms with Crippen LogP contribution in [0.5, 0.6) is 17.2 Å². The highest BCUT2D eigenvalue weighted by Crippen LogP contribution is 2.33. The minimum atomic E-state index is -0.940. The molecule has 164 valence electrons. The molecule has 1 unspecified atom stereocenters. The Morgan fingerprint density at radius 2 is 1.91 bits per heavy atom. The van der Waals surface area contributed by atoms with E-state index in [0.29, 0.717) is 5.56 Å². The molecule has 3 aromatic rings. The highest BCUT2D eigenvalue weighted by molar-refractivity contribution is 6.31. The van der Waals surface area contributed by atoms with Crippen LogP contribution in [-0.4, -0.2) is 50.9 Å². The number of aliphatic hydroxyl groups excluding tert-OH is 1. The summed E-state index contributed by atoms with van der Waals surface area (Å²) in [5, 5.41) is 29.4. The van der Waals surface area contributed by atoms with Crippen LogP contribution in [0.15, 0.2) is 65.9 Å². The molecular weight excluding hydrogens is 436 g/mol. The Morgan fingerprint density at radius 3 is 2.56 bits per heavy atom. The maximum absolute atomic E-state index is 12.3. The number of rotatable bonds is 8. The van der Waals surface area contributed by atoms with E-state index in [2.05, 4.69) is 9.98 Å². The van der Waals surface area contributed by atoms with Crippen LogP contribution in [0.4, 0.5) is 0 Å². The first-order chi connectivity index (χ1) is 15.4. The number of ketones is 1. The number of aliphatic imine (C=N–C) groups is 1. The third-order valence-electron chi connectivity index (χ3n) is 4.46. The maximum Gasteiger partial charge on any atom is 0.345 e. The zero-order valence-electron chi connectivity index (χ0n) is 16.7. The highest BCUT2D eigenvalue weighted by atomic mass is 35.5. The average molecular weight is 455 g/mol. The van der Waals surface area contributed by atoms with Crippen LogP contribution in [0.25, 0.3) is 0 Å². The van der Waals surface area contributed by atoms with Gasteiger partial charge in [0.2, 0.25) is 0 Å². The molecule has 0 amide bonds. The van der Waals surface area contributed by atoms with E-state index >= 15 is 0 Å². The molecule has 0 fully saturated rings. The number of carbonyl (C=O) groups excluding carboxylic acids is 2. The van der Waals surface area contributed by atoms with Crippen molar-refractivity contribution in [3.8, 4) is 17.2 Å². The van der Waals surface area contributed by atoms with E-state index in [0.717, 1.165) is 0 Å². The first-order valence-electron chi connectivity index (χ1n) is 9.46. The summed E-state index contributed by atoms with van der Waals surface area (Å²) in [6, 6.07) is 11.0. The minimum Gasteiger partial charge on any atom is -0.508 e. The van der Waals surface area contributed by atoms with Gasteiger partial charge >= 0.3 is 5.97 Å². The number of aromatic hydroxyl groups is 2. The van der Waals surface area contributed by atoms with Crippen molar-refractivity contribution in [2.24, 2.45) is 4.99 Å². The Hall–Kier alpha value is -3.75. The molecule has 8 nitrogen and oxygen atoms in total. The summed E-state index contributed by atoms with van der Waals surface area (Å²) < 4.78 is 5.23. The topological polar surface area (TPSA) is 129 Å². The fraction of sp³-hybridized carbons (Fsp3) is 0.130. The summed E-state index contributed by atoms with van der Waals surface area (Å²) in [6.07, 6.45) is 4.22. The van der Waals surface area contributed by atoms with Crippen LogP contribution in [-0.2, 0) is 11.2 Å². The van der Waals surface area contributed by atoms with Gasteiger partial charge in [0, 0.05) is 41.7 Å². The fourth-order valence-corrected chi connectivity index (χ4v) is 3.01. The molecule has 0 bridgehead atoms. The number of benzene rings is 2. The molecule has 32 heavy (non-hydrogen) atoms. The monoisotopic (exact) mass is 454 g/mol. The lowest BCUT2D eigenvalue weighted by Crippen LogP contribution is -2.24. The second-order valence-corrected chi connectivity index (χ2v) is 7.20. The number of ether oxygens (including phenoxy) is 1. The summed E-state index contributed by atoms with van der Waals surface area (Å²) in [7, 11) is 0. The van der Waals surface area contributed by atoms with Crippen LogP contribution in [0, 0.1) is 0 Å². The van der Waals surface area contributed by atoms with Crippen molar-refractivity contribution in [2.45, 2.75) is 12.5 Å². The van der Waals surface area contributed by atoms with Crippen molar-refractivity contribution in [1.29, 1.82) is 0 Å². The van der Waals surface area contributed by atoms with E-state index in [-0.39, 0.29) is 34.1 Å². The smallest absolute Gasteiger partial charge is 0.345 e. The average Bonchev–Trinajstić information content (AvgIpc) is 2.80. The van der Waals surface area contributed by atoms with Gasteiger partial charge in [-0.05, 0) is 35.9 Å². The largest absolute Gasteiger partial charge is 0.508 e. The summed E-state index contributed by atoms with van der Waals surface area (Å²) in [6.45, 7) is -0.713. The van der Waals surface area contributed by atoms with E-state index in [1.807, 2.05) is 0 Å². The van der Waals surface area contributed by atoms with Crippen LogP contribution < -0.4 is 4.74 Å². The van der Waals surface area contributed by atoms with Crippen LogP contribution in [0.1, 0.15) is 21.5 Å². The van der Waals surface area contributed by atoms with Crippen molar-refractivity contribution in [2.75, 3.05) is 6.61 Å². The van der Waals surface area contributed by atoms with Gasteiger partial charge in [0.1, 0.15) is 18.4 Å². The first-order valence-corrected chi connectivity index (χ1v) is 9.84. The molecule has 3 rings (SSSR count). The van der Waals surface area contributed by atoms with Crippen molar-refractivity contribution < 1.29 is 29.6 Å². The van der Waals surface area contributed by atoms with Crippen LogP contribution >= 0.6 is 11.6 Å². The van der Waals surface area contributed by atoms with E-state index in [1.165, 1.54) is 48.9 Å². The van der Waals surface area contributed by atoms with E-state index in [9.17, 15) is 24.9 Å². The Morgan fingerprint density at radius 1 is 1.16 bits per heavy atom. The number of nitrogens with zero attached hydrogens (tertiary/aromatic N) is 2. The number of aromatic nitrogens is 1. The third kappa shape index (κ3) is 5.90. The highest BCUT2D eigenvalue weighted by Gasteiger charge is 2.19. The molecule has 0 spiro atoms. The predicted molar refractivity (Wildman–Crippen MR) is 118 cm³/mol. The number of phenolic OH excluding ortho intramolecular Hbond substituents is 2. The van der Waals surface area contributed by atoms with Crippen molar-refractivity contribution in [3.05, 3.63) is 82.6 Å². The summed E-state index contributed by atoms with van der Waals surface area (Å²) in [4.78, 5) is 32.5. The number of hydrogen-bond acceptors (Lipinski definition) is 8. The molecule has 1 atom stereocenters. The molecule has 0 aliphatic heterocycles. The summed E-state index contributed by atoms with van der Waals surface area (Å²) >= 11 is 6.09. The summed E-state index contributed by atoms with van der Waals surface area (Å²) in [5.41, 5.74) is 1.02. The van der Waals surface area contributed by atoms with Gasteiger partial charge in [-0.15, -0.1) is 0 Å². The van der Waals surface area contributed by atoms with E-state index in [4.69, 9.17) is 16.3 Å². The fourth-order valence-electron chi connectivity index (χ4n) is 2.79. The lowest BCUT2D eigenvalue weighted by atomic mass is 10.0. The second kappa shape index (κ2) is 10.5. The zero-order chi connectivity index (χ0) is 23.1. The lowest BCUT2D eigenvalue weighted by molar-refractivity contribution is -0.122. The Bertz CT molecular complexity index is 1130. The molecular formula is C23H19ClN2O6. The Balaban J connectivity index is 1.84. The SMILES string of the molecule is O=C(Oc1cc(Cl)cc(C=NC(Cc2ccc(O)cc2)C(=O)CO)c1O)c1cccnc1. The molecule has 0 aliphatic rings. The second-order valence-electron chi connectivity index (χ2n) is 6.76. The lowest BCUT2D eigenvalue weighted by Gasteiger charge is -2.12. The third-order valence-corrected chi connectivity index (χ3v) is 4.67. The standard InChI is InChI=1S/C23H19ClN2O6/c24-17-9-16(22(30)21(10-17)32-23(31)15-2-1-7-25-11-15)12-26-19(20(29)13-27)8-14-3-5-18(28)6-4-14/h1-7,9-12,19,27-28,30H,8,13H2. The molecule has 0 saturated heterocycles. The van der Waals surface area contributed by atoms with Gasteiger partial charge in [-0.3, -0.25) is 14.8 Å². The quantitative estimate of drug-likeness (QED) is 0.271. The number of carbonyl (C=O) groups is 2. The van der Waals surface area contributed by atoms with Gasteiger partial charge in [0.25, 0.3) is 0 Å². The van der Waals surface area contributed by atoms with E-state index in [1.54, 1.807) is 18.2 Å². The van der Waals surface area contributed by atoms with Crippen molar-refractivity contribution in [1.82, 2.24) is 4.98 Å². The van der Waals surface area contributed by atoms with Gasteiger partial charge in [-0.2, -0.15) is 0 Å². The van der Waals surface area contributed by atoms with Crippen molar-refractivity contribution in [3.63, 3.8) is 0 Å². The van der Waals surface area contributed by atoms with Gasteiger partial charge in [-0.1, -0.05) is 23.7 Å². The van der Waals surface area contributed by atoms with Crippen molar-refractivity contribution >= 4 is 29.6 Å². The number of phenols is 2. The molecule has 1 heterocycles. The number of halogens is 1. The molecule has 9 heteroatoms. The van der Waals surface area contributed by atoms with Crippen LogP contribution in [0.2, 0.25) is 5.02 Å². The van der Waals surface area contributed by atoms with Gasteiger partial charge in [-0.25, -0.2) is 4.79 Å². The predicted octanol–water partition coefficient (Wildman–Crippen LogP) is 2.96. The number of aliphatic hydroxyl groups is 1. The van der Waals surface area contributed by atoms with Gasteiger partial charge in [0.05, 0.1) is 5.56 Å². The normalized spacial score (nSPS) is 11.9. The van der Waals surface area contributed by atoms with Gasteiger partial charge in [0.15, 0.2) is 17.3 Å². The zero-order valence-corrected chi connectivity index (χ0v) is 17.4. The number of pyridine rings is 1. The molecule has 2 aromatic carbocycles. The number of esters is 1. The Kier molecular flexibility index (Phi) is 7.54. The molecule has 0 aliphatic carbocycles. The maximum atomic E-state index is 12.3. The molecule has 1 aromatic heterocycles. The number of Topliss-reactive ketones (excluding diaryl/α,β-unsaturated/α-hetero) is 1. The molecule has 3 N–H and O–H groups in total. The van der Waals surface area contributed by atoms with E-state index < -0.39 is 30.2 Å². The van der Waals surface area contributed by atoms with Crippen LogP contribution in [0.3, 0.4) is 0 Å². The number of hydrogen-bond donors (Lipinski definition) is 3.